The summed E-state index contributed by atoms with van der Waals surface area (Å²) in [4.78, 5) is 28.8. The normalized spacial score (nSPS) is 11.3. The van der Waals surface area contributed by atoms with E-state index in [0.29, 0.717) is 51.7 Å². The number of hydrogen-bond acceptors (Lipinski definition) is 4. The van der Waals surface area contributed by atoms with Gasteiger partial charge >= 0.3 is 12.2 Å². The maximum absolute atomic E-state index is 13.8. The number of benzene rings is 2. The van der Waals surface area contributed by atoms with Crippen molar-refractivity contribution in [3.63, 3.8) is 0 Å². The summed E-state index contributed by atoms with van der Waals surface area (Å²) in [6.07, 6.45) is -3.18. The molecular formula is C22H16F4N6O2. The fourth-order valence-electron chi connectivity index (χ4n) is 3.21. The lowest BCUT2D eigenvalue weighted by atomic mass is 10.1. The molecule has 0 unspecified atom stereocenters. The minimum Gasteiger partial charge on any atom is -0.355 e. The highest BCUT2D eigenvalue weighted by Gasteiger charge is 2.31. The predicted molar refractivity (Wildman–Crippen MR) is 117 cm³/mol. The number of hydrogen-bond donors (Lipinski definition) is 4. The number of carbonyl (C=O) groups excluding carboxylic acids is 2. The molecule has 2 aromatic heterocycles. The quantitative estimate of drug-likeness (QED) is 0.320. The number of alkyl halides is 3. The average molecular weight is 472 g/mol. The van der Waals surface area contributed by atoms with Crippen LogP contribution in [0.15, 0.2) is 54.7 Å². The van der Waals surface area contributed by atoms with Crippen molar-refractivity contribution >= 4 is 34.3 Å². The van der Waals surface area contributed by atoms with Crippen molar-refractivity contribution in [2.24, 2.45) is 0 Å². The molecule has 0 spiro atoms. The third-order valence-corrected chi connectivity index (χ3v) is 4.87. The van der Waals surface area contributed by atoms with E-state index in [1.165, 1.54) is 25.4 Å². The molecule has 0 saturated heterocycles. The number of nitrogens with zero attached hydrogens (tertiary/aromatic N) is 2. The molecule has 2 heterocycles. The van der Waals surface area contributed by atoms with Crippen molar-refractivity contribution in [2.45, 2.75) is 6.18 Å². The number of H-pyrrole nitrogens is 1. The Morgan fingerprint density at radius 2 is 1.74 bits per heavy atom. The SMILES string of the molecule is CNC(=O)c1cc(-c2ccc(NC(=O)Nc3cc(C(F)(F)F)ccc3F)cc2)nc2[nH]ncc12. The zero-order valence-corrected chi connectivity index (χ0v) is 17.4. The zero-order chi connectivity index (χ0) is 24.5. The van der Waals surface area contributed by atoms with Gasteiger partial charge in [0.15, 0.2) is 5.65 Å². The van der Waals surface area contributed by atoms with Gasteiger partial charge in [0.05, 0.1) is 34.1 Å². The van der Waals surface area contributed by atoms with Crippen LogP contribution in [-0.4, -0.2) is 34.2 Å². The van der Waals surface area contributed by atoms with Crippen LogP contribution in [0.25, 0.3) is 22.3 Å². The molecule has 0 fully saturated rings. The molecule has 174 valence electrons. The van der Waals surface area contributed by atoms with Gasteiger partial charge in [-0.1, -0.05) is 12.1 Å². The van der Waals surface area contributed by atoms with Crippen molar-refractivity contribution in [1.82, 2.24) is 20.5 Å². The maximum atomic E-state index is 13.8. The van der Waals surface area contributed by atoms with E-state index in [9.17, 15) is 27.2 Å². The predicted octanol–water partition coefficient (Wildman–Crippen LogP) is 4.79. The summed E-state index contributed by atoms with van der Waals surface area (Å²) in [6, 6.07) is 8.69. The van der Waals surface area contributed by atoms with Gasteiger partial charge in [0, 0.05) is 18.3 Å². The Hall–Kier alpha value is -4.48. The number of fused-ring (bicyclic) bond motifs is 1. The van der Waals surface area contributed by atoms with Crippen molar-refractivity contribution in [2.75, 3.05) is 17.7 Å². The van der Waals surface area contributed by atoms with Crippen LogP contribution in [0.5, 0.6) is 0 Å². The molecule has 3 amide bonds. The van der Waals surface area contributed by atoms with E-state index in [4.69, 9.17) is 0 Å². The number of rotatable bonds is 4. The number of aromatic amines is 1. The van der Waals surface area contributed by atoms with Gasteiger partial charge in [-0.3, -0.25) is 9.89 Å². The number of amides is 3. The van der Waals surface area contributed by atoms with Gasteiger partial charge in [-0.15, -0.1) is 0 Å². The molecule has 12 heteroatoms. The fourth-order valence-corrected chi connectivity index (χ4v) is 3.21. The maximum Gasteiger partial charge on any atom is 0.416 e. The van der Waals surface area contributed by atoms with Crippen molar-refractivity contribution in [3.8, 4) is 11.3 Å². The molecule has 0 aliphatic heterocycles. The second kappa shape index (κ2) is 8.81. The van der Waals surface area contributed by atoms with Crippen LogP contribution >= 0.6 is 0 Å². The van der Waals surface area contributed by atoms with Gasteiger partial charge in [0.2, 0.25) is 0 Å². The molecule has 4 aromatic rings. The largest absolute Gasteiger partial charge is 0.416 e. The highest BCUT2D eigenvalue weighted by atomic mass is 19.4. The molecule has 2 aromatic carbocycles. The number of pyridine rings is 1. The lowest BCUT2D eigenvalue weighted by Crippen LogP contribution is -2.20. The van der Waals surface area contributed by atoms with E-state index >= 15 is 0 Å². The monoisotopic (exact) mass is 472 g/mol. The number of halogens is 4. The lowest BCUT2D eigenvalue weighted by molar-refractivity contribution is -0.137. The Morgan fingerprint density at radius 3 is 2.41 bits per heavy atom. The lowest BCUT2D eigenvalue weighted by Gasteiger charge is -2.12. The summed E-state index contributed by atoms with van der Waals surface area (Å²) in [5.74, 6) is -1.32. The van der Waals surface area contributed by atoms with E-state index in [1.807, 2.05) is 0 Å². The van der Waals surface area contributed by atoms with Crippen LogP contribution in [0.2, 0.25) is 0 Å². The highest BCUT2D eigenvalue weighted by Crippen LogP contribution is 2.32. The smallest absolute Gasteiger partial charge is 0.355 e. The zero-order valence-electron chi connectivity index (χ0n) is 17.4. The minimum absolute atomic E-state index is 0.294. The van der Waals surface area contributed by atoms with Crippen molar-refractivity contribution in [3.05, 3.63) is 71.7 Å². The van der Waals surface area contributed by atoms with Gasteiger partial charge in [-0.05, 0) is 36.4 Å². The van der Waals surface area contributed by atoms with E-state index in [1.54, 1.807) is 18.2 Å². The summed E-state index contributed by atoms with van der Waals surface area (Å²) in [5.41, 5.74) is 0.479. The second-order valence-corrected chi connectivity index (χ2v) is 7.12. The summed E-state index contributed by atoms with van der Waals surface area (Å²) < 4.78 is 52.4. The van der Waals surface area contributed by atoms with E-state index in [-0.39, 0.29) is 5.91 Å². The Kier molecular flexibility index (Phi) is 5.88. The van der Waals surface area contributed by atoms with Crippen molar-refractivity contribution < 1.29 is 27.2 Å². The average Bonchev–Trinajstić information content (AvgIpc) is 3.28. The molecule has 0 aliphatic carbocycles. The molecule has 8 nitrogen and oxygen atoms in total. The number of aromatic nitrogens is 3. The summed E-state index contributed by atoms with van der Waals surface area (Å²) >= 11 is 0. The number of nitrogens with one attached hydrogen (secondary N) is 4. The van der Waals surface area contributed by atoms with Crippen molar-refractivity contribution in [1.29, 1.82) is 0 Å². The van der Waals surface area contributed by atoms with E-state index in [0.717, 1.165) is 0 Å². The Balaban J connectivity index is 1.52. The van der Waals surface area contributed by atoms with Crippen LogP contribution in [0.4, 0.5) is 33.7 Å². The van der Waals surface area contributed by atoms with Gasteiger partial charge in [-0.2, -0.15) is 18.3 Å². The first-order valence-electron chi connectivity index (χ1n) is 9.77. The summed E-state index contributed by atoms with van der Waals surface area (Å²) in [7, 11) is 1.51. The molecule has 4 rings (SSSR count). The highest BCUT2D eigenvalue weighted by molar-refractivity contribution is 6.06. The first kappa shape index (κ1) is 22.7. The first-order chi connectivity index (χ1) is 16.2. The minimum atomic E-state index is -4.68. The molecule has 0 aliphatic rings. The molecule has 4 N–H and O–H groups in total. The molecule has 0 bridgehead atoms. The van der Waals surface area contributed by atoms with Gasteiger partial charge in [0.25, 0.3) is 5.91 Å². The number of anilines is 2. The van der Waals surface area contributed by atoms with Crippen LogP contribution in [-0.2, 0) is 6.18 Å². The molecule has 0 saturated carbocycles. The standard InChI is InChI=1S/C22H16F4N6O2/c1-27-20(33)14-9-17(30-19-15(14)10-28-32-19)11-2-5-13(6-3-11)29-21(34)31-18-8-12(22(24,25)26)4-7-16(18)23/h2-10H,1H3,(H,27,33)(H,28,30,32)(H2,29,31,34). The van der Waals surface area contributed by atoms with E-state index < -0.39 is 29.3 Å². The van der Waals surface area contributed by atoms with Crippen LogP contribution in [0, 0.1) is 5.82 Å². The molecular weight excluding hydrogens is 456 g/mol. The van der Waals surface area contributed by atoms with Gasteiger partial charge in [0.1, 0.15) is 5.82 Å². The number of urea groups is 1. The number of carbonyl (C=O) groups is 2. The first-order valence-corrected chi connectivity index (χ1v) is 9.77. The Bertz CT molecular complexity index is 1380. The Morgan fingerprint density at radius 1 is 1.00 bits per heavy atom. The molecule has 0 radical (unpaired) electrons. The molecule has 0 atom stereocenters. The Labute approximate surface area is 189 Å². The van der Waals surface area contributed by atoms with Crippen LogP contribution in [0.1, 0.15) is 15.9 Å². The van der Waals surface area contributed by atoms with E-state index in [2.05, 4.69) is 31.1 Å². The van der Waals surface area contributed by atoms with Gasteiger partial charge < -0.3 is 16.0 Å². The van der Waals surface area contributed by atoms with Crippen LogP contribution < -0.4 is 16.0 Å². The van der Waals surface area contributed by atoms with Gasteiger partial charge in [-0.25, -0.2) is 14.2 Å². The van der Waals surface area contributed by atoms with Crippen LogP contribution in [0.3, 0.4) is 0 Å². The second-order valence-electron chi connectivity index (χ2n) is 7.12. The summed E-state index contributed by atoms with van der Waals surface area (Å²) in [5, 5.41) is 14.2. The summed E-state index contributed by atoms with van der Waals surface area (Å²) in [6.45, 7) is 0. The fraction of sp³-hybridized carbons (Fsp3) is 0.0909. The topological polar surface area (TPSA) is 112 Å². The molecule has 34 heavy (non-hydrogen) atoms. The third-order valence-electron chi connectivity index (χ3n) is 4.87. The third kappa shape index (κ3) is 4.65.